The standard InChI is InChI=1S/C29H33N5O4/c1-18-8-7-9-19(2)25(18)34-29(37)32-24-14-21(22-15-30-17-31-16-22)12-13-23(24)27(35)33-26(28(36)38-3)20-10-5-4-6-11-20/h7-9,12-17,20,26H,4-6,10-11H2,1-3H3,(H,33,35)(H2,32,34,37)/t26-/m0/s1. The van der Waals surface area contributed by atoms with Gasteiger partial charge in [0.15, 0.2) is 0 Å². The molecule has 1 aromatic heterocycles. The van der Waals surface area contributed by atoms with Crippen molar-refractivity contribution in [3.8, 4) is 11.1 Å². The van der Waals surface area contributed by atoms with Crippen molar-refractivity contribution in [1.82, 2.24) is 15.3 Å². The maximum absolute atomic E-state index is 13.5. The van der Waals surface area contributed by atoms with E-state index in [9.17, 15) is 14.4 Å². The smallest absolute Gasteiger partial charge is 0.328 e. The van der Waals surface area contributed by atoms with Crippen molar-refractivity contribution in [2.45, 2.75) is 52.0 Å². The molecule has 1 aliphatic rings. The molecule has 0 saturated heterocycles. The minimum absolute atomic E-state index is 0.00429. The lowest BCUT2D eigenvalue weighted by Gasteiger charge is -2.29. The third-order valence-electron chi connectivity index (χ3n) is 6.99. The number of para-hydroxylation sites is 1. The van der Waals surface area contributed by atoms with E-state index in [-0.39, 0.29) is 11.5 Å². The zero-order valence-electron chi connectivity index (χ0n) is 21.9. The number of aromatic nitrogens is 2. The van der Waals surface area contributed by atoms with Gasteiger partial charge >= 0.3 is 12.0 Å². The maximum atomic E-state index is 13.5. The highest BCUT2D eigenvalue weighted by Gasteiger charge is 2.32. The first kappa shape index (κ1) is 26.8. The van der Waals surface area contributed by atoms with E-state index in [1.807, 2.05) is 32.0 Å². The van der Waals surface area contributed by atoms with Gasteiger partial charge < -0.3 is 20.7 Å². The van der Waals surface area contributed by atoms with Crippen molar-refractivity contribution in [3.05, 3.63) is 71.8 Å². The molecule has 1 atom stereocenters. The van der Waals surface area contributed by atoms with Crippen LogP contribution in [0.5, 0.6) is 0 Å². The van der Waals surface area contributed by atoms with Crippen LogP contribution in [-0.2, 0) is 9.53 Å². The lowest BCUT2D eigenvalue weighted by Crippen LogP contribution is -2.47. The number of hydrogen-bond acceptors (Lipinski definition) is 6. The second-order valence-electron chi connectivity index (χ2n) is 9.61. The molecule has 9 nitrogen and oxygen atoms in total. The van der Waals surface area contributed by atoms with E-state index in [0.717, 1.165) is 54.4 Å². The maximum Gasteiger partial charge on any atom is 0.328 e. The number of urea groups is 1. The summed E-state index contributed by atoms with van der Waals surface area (Å²) in [5, 5.41) is 8.61. The number of benzene rings is 2. The summed E-state index contributed by atoms with van der Waals surface area (Å²) >= 11 is 0. The van der Waals surface area contributed by atoms with Gasteiger partial charge in [-0.15, -0.1) is 0 Å². The number of carbonyl (C=O) groups excluding carboxylic acids is 3. The van der Waals surface area contributed by atoms with Gasteiger partial charge in [0, 0.05) is 23.6 Å². The van der Waals surface area contributed by atoms with Crippen LogP contribution in [0.3, 0.4) is 0 Å². The zero-order valence-corrected chi connectivity index (χ0v) is 21.9. The molecule has 0 radical (unpaired) electrons. The Labute approximate surface area is 222 Å². The van der Waals surface area contributed by atoms with Crippen molar-refractivity contribution in [2.24, 2.45) is 5.92 Å². The van der Waals surface area contributed by atoms with Crippen LogP contribution in [0, 0.1) is 19.8 Å². The fourth-order valence-corrected chi connectivity index (χ4v) is 4.93. The molecule has 3 aromatic rings. The van der Waals surface area contributed by atoms with Gasteiger partial charge in [-0.1, -0.05) is 43.5 Å². The van der Waals surface area contributed by atoms with Crippen molar-refractivity contribution >= 4 is 29.3 Å². The first-order valence-electron chi connectivity index (χ1n) is 12.8. The lowest BCUT2D eigenvalue weighted by molar-refractivity contribution is -0.144. The Hall–Kier alpha value is -4.27. The van der Waals surface area contributed by atoms with Crippen molar-refractivity contribution in [1.29, 1.82) is 0 Å². The molecule has 198 valence electrons. The number of methoxy groups -OCH3 is 1. The molecule has 0 unspecified atom stereocenters. The number of hydrogen-bond donors (Lipinski definition) is 3. The fourth-order valence-electron chi connectivity index (χ4n) is 4.93. The van der Waals surface area contributed by atoms with Crippen molar-refractivity contribution in [2.75, 3.05) is 17.7 Å². The molecular weight excluding hydrogens is 482 g/mol. The predicted octanol–water partition coefficient (Wildman–Crippen LogP) is 5.26. The van der Waals surface area contributed by atoms with Gasteiger partial charge in [-0.05, 0) is 61.4 Å². The number of anilines is 2. The fraction of sp³-hybridized carbons (Fsp3) is 0.345. The number of ether oxygens (including phenoxy) is 1. The Kier molecular flexibility index (Phi) is 8.68. The molecular formula is C29H33N5O4. The molecule has 9 heteroatoms. The molecule has 38 heavy (non-hydrogen) atoms. The van der Waals surface area contributed by atoms with Crippen LogP contribution >= 0.6 is 0 Å². The molecule has 0 spiro atoms. The summed E-state index contributed by atoms with van der Waals surface area (Å²) in [4.78, 5) is 47.3. The summed E-state index contributed by atoms with van der Waals surface area (Å²) in [5.74, 6) is -0.931. The van der Waals surface area contributed by atoms with Gasteiger partial charge in [0.1, 0.15) is 12.4 Å². The Balaban J connectivity index is 1.64. The van der Waals surface area contributed by atoms with E-state index in [1.165, 1.54) is 13.4 Å². The van der Waals surface area contributed by atoms with Crippen molar-refractivity contribution < 1.29 is 19.1 Å². The number of esters is 1. The van der Waals surface area contributed by atoms with E-state index in [2.05, 4.69) is 25.9 Å². The van der Waals surface area contributed by atoms with Gasteiger partial charge in [-0.3, -0.25) is 4.79 Å². The first-order chi connectivity index (χ1) is 18.4. The highest BCUT2D eigenvalue weighted by Crippen LogP contribution is 2.29. The van der Waals surface area contributed by atoms with E-state index in [0.29, 0.717) is 11.4 Å². The molecule has 1 heterocycles. The molecule has 1 fully saturated rings. The minimum Gasteiger partial charge on any atom is -0.467 e. The van der Waals surface area contributed by atoms with E-state index in [1.54, 1.807) is 30.6 Å². The van der Waals surface area contributed by atoms with Crippen LogP contribution in [0.4, 0.5) is 16.2 Å². The number of rotatable bonds is 7. The van der Waals surface area contributed by atoms with Gasteiger partial charge in [0.2, 0.25) is 0 Å². The third-order valence-corrected chi connectivity index (χ3v) is 6.99. The molecule has 1 aliphatic carbocycles. The Morgan fingerprint density at radius 2 is 1.61 bits per heavy atom. The predicted molar refractivity (Wildman–Crippen MR) is 146 cm³/mol. The summed E-state index contributed by atoms with van der Waals surface area (Å²) < 4.78 is 5.02. The van der Waals surface area contributed by atoms with Gasteiger partial charge in [-0.2, -0.15) is 0 Å². The first-order valence-corrected chi connectivity index (χ1v) is 12.8. The average molecular weight is 516 g/mol. The van der Waals surface area contributed by atoms with Gasteiger partial charge in [0.25, 0.3) is 5.91 Å². The normalized spacial score (nSPS) is 14.3. The summed E-state index contributed by atoms with van der Waals surface area (Å²) in [5.41, 5.74) is 4.51. The average Bonchev–Trinajstić information content (AvgIpc) is 2.94. The van der Waals surface area contributed by atoms with Crippen molar-refractivity contribution in [3.63, 3.8) is 0 Å². The highest BCUT2D eigenvalue weighted by atomic mass is 16.5. The zero-order chi connectivity index (χ0) is 27.1. The van der Waals surface area contributed by atoms with Crippen LogP contribution < -0.4 is 16.0 Å². The molecule has 2 aromatic carbocycles. The summed E-state index contributed by atoms with van der Waals surface area (Å²) in [6, 6.07) is 9.58. The van der Waals surface area contributed by atoms with Crippen LogP contribution in [-0.4, -0.2) is 41.0 Å². The molecule has 0 aliphatic heterocycles. The molecule has 4 rings (SSSR count). The molecule has 3 N–H and O–H groups in total. The number of nitrogens with zero attached hydrogens (tertiary/aromatic N) is 2. The topological polar surface area (TPSA) is 122 Å². The van der Waals surface area contributed by atoms with E-state index < -0.39 is 23.9 Å². The number of amides is 3. The van der Waals surface area contributed by atoms with Gasteiger partial charge in [-0.25, -0.2) is 19.6 Å². The van der Waals surface area contributed by atoms with E-state index >= 15 is 0 Å². The van der Waals surface area contributed by atoms with Gasteiger partial charge in [0.05, 0.1) is 18.4 Å². The van der Waals surface area contributed by atoms with Crippen LogP contribution in [0.1, 0.15) is 53.6 Å². The summed E-state index contributed by atoms with van der Waals surface area (Å²) in [6.45, 7) is 3.82. The third kappa shape index (κ3) is 6.34. The second-order valence-corrected chi connectivity index (χ2v) is 9.61. The molecule has 1 saturated carbocycles. The second kappa shape index (κ2) is 12.3. The monoisotopic (exact) mass is 515 g/mol. The summed E-state index contributed by atoms with van der Waals surface area (Å²) in [6.07, 6.45) is 9.55. The Bertz CT molecular complexity index is 1290. The lowest BCUT2D eigenvalue weighted by atomic mass is 9.83. The largest absolute Gasteiger partial charge is 0.467 e. The molecule has 0 bridgehead atoms. The summed E-state index contributed by atoms with van der Waals surface area (Å²) in [7, 11) is 1.33. The Morgan fingerprint density at radius 3 is 2.26 bits per heavy atom. The van der Waals surface area contributed by atoms with Crippen LogP contribution in [0.25, 0.3) is 11.1 Å². The molecule has 3 amide bonds. The Morgan fingerprint density at radius 1 is 0.921 bits per heavy atom. The van der Waals surface area contributed by atoms with Crippen LogP contribution in [0.15, 0.2) is 55.1 Å². The minimum atomic E-state index is -0.758. The highest BCUT2D eigenvalue weighted by molar-refractivity contribution is 6.08. The quantitative estimate of drug-likeness (QED) is 0.369. The number of aryl methyl sites for hydroxylation is 2. The van der Waals surface area contributed by atoms with E-state index in [4.69, 9.17) is 4.74 Å². The number of nitrogens with one attached hydrogen (secondary N) is 3. The van der Waals surface area contributed by atoms with Crippen LogP contribution in [0.2, 0.25) is 0 Å². The number of carbonyl (C=O) groups is 3. The SMILES string of the molecule is COC(=O)[C@@H](NC(=O)c1ccc(-c2cncnc2)cc1NC(=O)Nc1c(C)cccc1C)C1CCCCC1.